The van der Waals surface area contributed by atoms with Crippen molar-refractivity contribution in [2.24, 2.45) is 0 Å². The molecule has 4 rings (SSSR count). The molecule has 3 aromatic rings. The molecule has 8 nitrogen and oxygen atoms in total. The molecule has 1 saturated carbocycles. The first kappa shape index (κ1) is 23.8. The number of amides is 2. The lowest BCUT2D eigenvalue weighted by Gasteiger charge is -2.19. The summed E-state index contributed by atoms with van der Waals surface area (Å²) in [6.07, 6.45) is 11.0. The molecule has 0 bridgehead atoms. The van der Waals surface area contributed by atoms with E-state index >= 15 is 0 Å². The Kier molecular flexibility index (Phi) is 7.84. The van der Waals surface area contributed by atoms with E-state index in [-0.39, 0.29) is 6.03 Å². The van der Waals surface area contributed by atoms with Crippen LogP contribution in [0.25, 0.3) is 21.7 Å². The predicted molar refractivity (Wildman–Crippen MR) is 133 cm³/mol. The van der Waals surface area contributed by atoms with Crippen molar-refractivity contribution in [3.63, 3.8) is 0 Å². The maximum atomic E-state index is 12.3. The SMILES string of the molecule is CCNC(=O)Nc1cc(-c2nc(C3CCCCC3)cs2)c(-c2cncc(C(=O)OCC)c2)cn1. The summed E-state index contributed by atoms with van der Waals surface area (Å²) < 4.78 is 5.13. The first-order valence-corrected chi connectivity index (χ1v) is 12.6. The zero-order valence-corrected chi connectivity index (χ0v) is 20.3. The van der Waals surface area contributed by atoms with Gasteiger partial charge in [-0.2, -0.15) is 0 Å². The average Bonchev–Trinajstić information content (AvgIpc) is 3.35. The van der Waals surface area contributed by atoms with Gasteiger partial charge in [-0.1, -0.05) is 19.3 Å². The zero-order chi connectivity index (χ0) is 23.9. The Morgan fingerprint density at radius 1 is 1.09 bits per heavy atom. The molecule has 1 aliphatic carbocycles. The molecule has 178 valence electrons. The Balaban J connectivity index is 1.73. The summed E-state index contributed by atoms with van der Waals surface area (Å²) in [5, 5.41) is 8.47. The van der Waals surface area contributed by atoms with Crippen molar-refractivity contribution in [3.05, 3.63) is 47.4 Å². The number of pyridine rings is 2. The van der Waals surface area contributed by atoms with E-state index < -0.39 is 5.97 Å². The summed E-state index contributed by atoms with van der Waals surface area (Å²) >= 11 is 1.58. The van der Waals surface area contributed by atoms with Crippen LogP contribution in [-0.2, 0) is 4.74 Å². The maximum Gasteiger partial charge on any atom is 0.339 e. The molecule has 1 aliphatic rings. The number of hydrogen-bond donors (Lipinski definition) is 2. The van der Waals surface area contributed by atoms with E-state index in [1.807, 2.05) is 13.0 Å². The van der Waals surface area contributed by atoms with E-state index in [4.69, 9.17) is 9.72 Å². The Bertz CT molecular complexity index is 1160. The lowest BCUT2D eigenvalue weighted by atomic mass is 9.87. The highest BCUT2D eigenvalue weighted by molar-refractivity contribution is 7.13. The first-order chi connectivity index (χ1) is 16.6. The summed E-state index contributed by atoms with van der Waals surface area (Å²) in [4.78, 5) is 38.0. The number of hydrogen-bond acceptors (Lipinski definition) is 7. The molecule has 0 aliphatic heterocycles. The fourth-order valence-electron chi connectivity index (χ4n) is 4.16. The molecule has 2 amide bonds. The number of esters is 1. The van der Waals surface area contributed by atoms with Crippen molar-refractivity contribution in [2.75, 3.05) is 18.5 Å². The molecule has 34 heavy (non-hydrogen) atoms. The van der Waals surface area contributed by atoms with Gasteiger partial charge in [0.25, 0.3) is 0 Å². The first-order valence-electron chi connectivity index (χ1n) is 11.7. The molecular formula is C25H29N5O3S. The van der Waals surface area contributed by atoms with Crippen LogP contribution in [-0.4, -0.2) is 40.1 Å². The Labute approximate surface area is 203 Å². The van der Waals surface area contributed by atoms with Crippen molar-refractivity contribution in [2.45, 2.75) is 51.9 Å². The molecule has 9 heteroatoms. The molecule has 0 aromatic carbocycles. The lowest BCUT2D eigenvalue weighted by molar-refractivity contribution is 0.0526. The second kappa shape index (κ2) is 11.2. The summed E-state index contributed by atoms with van der Waals surface area (Å²) in [6.45, 7) is 4.43. The number of nitrogens with zero attached hydrogens (tertiary/aromatic N) is 3. The van der Waals surface area contributed by atoms with Crippen LogP contribution in [0.4, 0.5) is 10.6 Å². The van der Waals surface area contributed by atoms with E-state index in [2.05, 4.69) is 26.0 Å². The summed E-state index contributed by atoms with van der Waals surface area (Å²) in [6, 6.07) is 3.25. The summed E-state index contributed by atoms with van der Waals surface area (Å²) in [5.74, 6) is 0.495. The Hall–Kier alpha value is -3.33. The molecule has 0 saturated heterocycles. The molecule has 0 spiro atoms. The molecular weight excluding hydrogens is 450 g/mol. The lowest BCUT2D eigenvalue weighted by Crippen LogP contribution is -2.28. The fraction of sp³-hybridized carbons (Fsp3) is 0.400. The highest BCUT2D eigenvalue weighted by atomic mass is 32.1. The zero-order valence-electron chi connectivity index (χ0n) is 19.5. The van der Waals surface area contributed by atoms with E-state index in [1.165, 1.54) is 38.3 Å². The second-order valence-corrected chi connectivity index (χ2v) is 9.05. The largest absolute Gasteiger partial charge is 0.462 e. The molecule has 0 unspecified atom stereocenters. The number of anilines is 1. The molecule has 3 aromatic heterocycles. The van der Waals surface area contributed by atoms with E-state index in [0.29, 0.717) is 30.5 Å². The number of urea groups is 1. The third-order valence-electron chi connectivity index (χ3n) is 5.82. The van der Waals surface area contributed by atoms with Crippen molar-refractivity contribution in [1.29, 1.82) is 0 Å². The normalized spacial score (nSPS) is 13.9. The minimum atomic E-state index is -0.422. The van der Waals surface area contributed by atoms with Crippen molar-refractivity contribution >= 4 is 29.2 Å². The quantitative estimate of drug-likeness (QED) is 0.425. The van der Waals surface area contributed by atoms with Gasteiger partial charge in [-0.3, -0.25) is 10.3 Å². The molecule has 0 atom stereocenters. The van der Waals surface area contributed by atoms with Gasteiger partial charge in [0.2, 0.25) is 0 Å². The van der Waals surface area contributed by atoms with Crippen molar-refractivity contribution in [1.82, 2.24) is 20.3 Å². The third-order valence-corrected chi connectivity index (χ3v) is 6.71. The molecule has 1 fully saturated rings. The standard InChI is InChI=1S/C25H29N5O3S/c1-3-27-25(32)30-22-11-19(23-29-21(15-34-23)16-8-6-5-7-9-16)20(14-28-22)17-10-18(13-26-12-17)24(31)33-4-2/h10-16H,3-9H2,1-2H3,(H2,27,28,30,32). The van der Waals surface area contributed by atoms with Gasteiger partial charge in [0.1, 0.15) is 10.8 Å². The predicted octanol–water partition coefficient (Wildman–Crippen LogP) is 5.63. The van der Waals surface area contributed by atoms with Gasteiger partial charge >= 0.3 is 12.0 Å². The monoisotopic (exact) mass is 479 g/mol. The average molecular weight is 480 g/mol. The number of carbonyl (C=O) groups is 2. The van der Waals surface area contributed by atoms with Crippen molar-refractivity contribution < 1.29 is 14.3 Å². The van der Waals surface area contributed by atoms with Gasteiger partial charge in [-0.15, -0.1) is 11.3 Å². The van der Waals surface area contributed by atoms with Crippen LogP contribution in [0.2, 0.25) is 0 Å². The van der Waals surface area contributed by atoms with Crippen LogP contribution in [0.5, 0.6) is 0 Å². The van der Waals surface area contributed by atoms with E-state index in [0.717, 1.165) is 27.4 Å². The molecule has 0 radical (unpaired) electrons. The highest BCUT2D eigenvalue weighted by Gasteiger charge is 2.21. The van der Waals surface area contributed by atoms with E-state index in [9.17, 15) is 9.59 Å². The topological polar surface area (TPSA) is 106 Å². The van der Waals surface area contributed by atoms with Crippen LogP contribution >= 0.6 is 11.3 Å². The van der Waals surface area contributed by atoms with Crippen LogP contribution in [0.3, 0.4) is 0 Å². The summed E-state index contributed by atoms with van der Waals surface area (Å²) in [5.41, 5.74) is 3.84. The Morgan fingerprint density at radius 2 is 1.91 bits per heavy atom. The number of thiazole rings is 1. The second-order valence-electron chi connectivity index (χ2n) is 8.19. The van der Waals surface area contributed by atoms with Crippen LogP contribution in [0, 0.1) is 0 Å². The van der Waals surface area contributed by atoms with Crippen LogP contribution in [0.1, 0.15) is 67.9 Å². The van der Waals surface area contributed by atoms with Gasteiger partial charge in [0.05, 0.1) is 17.9 Å². The van der Waals surface area contributed by atoms with Gasteiger partial charge in [-0.05, 0) is 38.8 Å². The maximum absolute atomic E-state index is 12.3. The third kappa shape index (κ3) is 5.59. The fourth-order valence-corrected chi connectivity index (χ4v) is 5.09. The Morgan fingerprint density at radius 3 is 2.68 bits per heavy atom. The van der Waals surface area contributed by atoms with Crippen LogP contribution < -0.4 is 10.6 Å². The molecule has 2 N–H and O–H groups in total. The highest BCUT2D eigenvalue weighted by Crippen LogP contribution is 2.39. The van der Waals surface area contributed by atoms with Gasteiger partial charge in [-0.25, -0.2) is 19.6 Å². The number of carbonyl (C=O) groups excluding carboxylic acids is 2. The number of rotatable bonds is 7. The van der Waals surface area contributed by atoms with E-state index in [1.54, 1.807) is 36.7 Å². The van der Waals surface area contributed by atoms with Gasteiger partial charge in [0.15, 0.2) is 0 Å². The minimum absolute atomic E-state index is 0.291. The minimum Gasteiger partial charge on any atom is -0.462 e. The van der Waals surface area contributed by atoms with Crippen LogP contribution in [0.15, 0.2) is 36.1 Å². The van der Waals surface area contributed by atoms with Gasteiger partial charge < -0.3 is 10.1 Å². The smallest absolute Gasteiger partial charge is 0.339 e. The number of ether oxygens (including phenoxy) is 1. The summed E-state index contributed by atoms with van der Waals surface area (Å²) in [7, 11) is 0. The van der Waals surface area contributed by atoms with Crippen molar-refractivity contribution in [3.8, 4) is 21.7 Å². The number of nitrogens with one attached hydrogen (secondary N) is 2. The number of aromatic nitrogens is 3. The van der Waals surface area contributed by atoms with Gasteiger partial charge in [0, 0.05) is 53.1 Å². The molecule has 3 heterocycles.